The minimum absolute atomic E-state index is 0.0216. The summed E-state index contributed by atoms with van der Waals surface area (Å²) in [7, 11) is 0. The molecule has 2 aromatic heterocycles. The van der Waals surface area contributed by atoms with Crippen molar-refractivity contribution in [1.29, 1.82) is 0 Å². The molecule has 1 unspecified atom stereocenters. The van der Waals surface area contributed by atoms with Gasteiger partial charge in [0.25, 0.3) is 5.91 Å². The average molecular weight is 612 g/mol. The quantitative estimate of drug-likeness (QED) is 0.186. The van der Waals surface area contributed by atoms with Gasteiger partial charge in [0.15, 0.2) is 5.78 Å². The summed E-state index contributed by atoms with van der Waals surface area (Å²) in [5, 5.41) is 2.86. The van der Waals surface area contributed by atoms with Gasteiger partial charge < -0.3 is 9.47 Å². The second kappa shape index (κ2) is 14.9. The van der Waals surface area contributed by atoms with E-state index in [4.69, 9.17) is 16.6 Å². The number of halogens is 1. The molecule has 3 aromatic rings. The van der Waals surface area contributed by atoms with E-state index in [-0.39, 0.29) is 11.7 Å². The molecular weight excluding hydrogens is 566 g/mol. The Morgan fingerprint density at radius 3 is 2.57 bits per heavy atom. The van der Waals surface area contributed by atoms with Crippen LogP contribution in [0.15, 0.2) is 66.5 Å². The third kappa shape index (κ3) is 7.50. The van der Waals surface area contributed by atoms with Crippen molar-refractivity contribution in [3.05, 3.63) is 110 Å². The van der Waals surface area contributed by atoms with Crippen molar-refractivity contribution >= 4 is 34.9 Å². The lowest BCUT2D eigenvalue weighted by Crippen LogP contribution is -2.40. The van der Waals surface area contributed by atoms with Gasteiger partial charge in [0.1, 0.15) is 0 Å². The maximum absolute atomic E-state index is 13.4. The van der Waals surface area contributed by atoms with E-state index in [0.717, 1.165) is 76.2 Å². The number of nitrogens with zero attached hydrogens (tertiary/aromatic N) is 3. The normalized spacial score (nSPS) is 15.1. The number of allylic oxidation sites excluding steroid dienone is 3. The summed E-state index contributed by atoms with van der Waals surface area (Å²) < 4.78 is 2.26. The van der Waals surface area contributed by atoms with Gasteiger partial charge in [-0.2, -0.15) is 0 Å². The summed E-state index contributed by atoms with van der Waals surface area (Å²) in [5.74, 6) is -0.0404. The van der Waals surface area contributed by atoms with Crippen molar-refractivity contribution in [2.45, 2.75) is 99.2 Å². The fraction of sp³-hybridized carbons (Fsp3) is 0.395. The summed E-state index contributed by atoms with van der Waals surface area (Å²) in [6, 6.07) is 9.78. The van der Waals surface area contributed by atoms with E-state index >= 15 is 0 Å². The minimum atomic E-state index is -0.431. The van der Waals surface area contributed by atoms with E-state index in [1.165, 1.54) is 5.57 Å². The number of pyridine rings is 1. The largest absolute Gasteiger partial charge is 0.343 e. The number of amides is 1. The zero-order valence-electron chi connectivity index (χ0n) is 27.2. The molecular formula is C38H46ClN3O2. The lowest BCUT2D eigenvalue weighted by molar-refractivity contribution is -0.121. The van der Waals surface area contributed by atoms with Gasteiger partial charge in [0.05, 0.1) is 16.8 Å². The summed E-state index contributed by atoms with van der Waals surface area (Å²) >= 11 is 6.78. The minimum Gasteiger partial charge on any atom is -0.343 e. The van der Waals surface area contributed by atoms with Crippen LogP contribution >= 0.6 is 11.6 Å². The van der Waals surface area contributed by atoms with Crippen LogP contribution in [0.4, 0.5) is 0 Å². The lowest BCUT2D eigenvalue weighted by Gasteiger charge is -2.26. The number of ketones is 1. The van der Waals surface area contributed by atoms with Gasteiger partial charge in [-0.3, -0.25) is 14.6 Å². The molecule has 4 rings (SSSR count). The van der Waals surface area contributed by atoms with Crippen LogP contribution in [-0.4, -0.2) is 32.2 Å². The third-order valence-electron chi connectivity index (χ3n) is 8.43. The smallest absolute Gasteiger partial charge is 0.255 e. The Balaban J connectivity index is 1.73. The SMILES string of the molecule is C=C(CC)CCC(C(C)=O)N1Cc2cc(Cn3ccc(=C(/C=C(\C)CCC)c4ncc(C)cc4Cl)/c3=C\CC)ccc2C1=O. The molecule has 1 aromatic carbocycles. The molecule has 6 heteroatoms. The van der Waals surface area contributed by atoms with E-state index in [0.29, 0.717) is 30.1 Å². The van der Waals surface area contributed by atoms with Crippen LogP contribution < -0.4 is 10.6 Å². The van der Waals surface area contributed by atoms with Crippen molar-refractivity contribution in [2.24, 2.45) is 0 Å². The Labute approximate surface area is 267 Å². The molecule has 0 saturated carbocycles. The molecule has 3 heterocycles. The monoisotopic (exact) mass is 611 g/mol. The van der Waals surface area contributed by atoms with Crippen LogP contribution in [0.5, 0.6) is 0 Å². The van der Waals surface area contributed by atoms with Crippen LogP contribution in [0.3, 0.4) is 0 Å². The molecule has 0 radical (unpaired) electrons. The van der Waals surface area contributed by atoms with Crippen LogP contribution in [0, 0.1) is 6.92 Å². The molecule has 0 aliphatic carbocycles. The molecule has 1 aliphatic heterocycles. The number of aryl methyl sites for hydroxylation is 1. The summed E-state index contributed by atoms with van der Waals surface area (Å²) in [4.78, 5) is 32.5. The second-order valence-corrected chi connectivity index (χ2v) is 12.5. The summed E-state index contributed by atoms with van der Waals surface area (Å²) in [6.07, 6.45) is 13.7. The second-order valence-electron chi connectivity index (χ2n) is 12.0. The van der Waals surface area contributed by atoms with Crippen LogP contribution in [0.1, 0.15) is 106 Å². The van der Waals surface area contributed by atoms with E-state index < -0.39 is 6.04 Å². The Hall–Kier alpha value is -3.70. The molecule has 1 aliphatic rings. The highest BCUT2D eigenvalue weighted by Gasteiger charge is 2.34. The van der Waals surface area contributed by atoms with E-state index in [2.05, 4.69) is 69.3 Å². The van der Waals surface area contributed by atoms with Crippen LogP contribution in [0.25, 0.3) is 11.6 Å². The van der Waals surface area contributed by atoms with Gasteiger partial charge in [-0.25, -0.2) is 0 Å². The van der Waals surface area contributed by atoms with Crippen molar-refractivity contribution < 1.29 is 9.59 Å². The number of carbonyl (C=O) groups is 2. The van der Waals surface area contributed by atoms with E-state index in [1.54, 1.807) is 11.8 Å². The maximum Gasteiger partial charge on any atom is 0.255 e. The maximum atomic E-state index is 13.4. The molecule has 0 spiro atoms. The number of hydrogen-bond acceptors (Lipinski definition) is 3. The number of aromatic nitrogens is 2. The fourth-order valence-electron chi connectivity index (χ4n) is 6.03. The third-order valence-corrected chi connectivity index (χ3v) is 8.72. The molecule has 5 nitrogen and oxygen atoms in total. The predicted molar refractivity (Wildman–Crippen MR) is 182 cm³/mol. The highest BCUT2D eigenvalue weighted by molar-refractivity contribution is 6.32. The summed E-state index contributed by atoms with van der Waals surface area (Å²) in [6.45, 7) is 17.3. The fourth-order valence-corrected chi connectivity index (χ4v) is 6.35. The number of fused-ring (bicyclic) bond motifs is 1. The van der Waals surface area contributed by atoms with E-state index in [1.807, 2.05) is 31.3 Å². The number of hydrogen-bond donors (Lipinski definition) is 0. The number of benzene rings is 1. The molecule has 44 heavy (non-hydrogen) atoms. The standard InChI is InChI=1S/C38H46ClN3O2/c1-8-11-26(5)19-33(37-34(39)20-27(6)22-40-37)32-17-18-41(36(32)12-9-2)23-29-14-15-31-30(21-29)24-42(38(31)44)35(28(7)43)16-13-25(4)10-3/h12,14-15,17-22,35H,4,8-11,13,16,23-24H2,1-3,5-7H3/b26-19+,33-32+,36-12+. The van der Waals surface area contributed by atoms with Gasteiger partial charge in [-0.15, -0.1) is 0 Å². The van der Waals surface area contributed by atoms with Crippen molar-refractivity contribution in [3.63, 3.8) is 0 Å². The number of rotatable bonds is 13. The molecule has 0 N–H and O–H groups in total. The van der Waals surface area contributed by atoms with Crippen molar-refractivity contribution in [2.75, 3.05) is 0 Å². The van der Waals surface area contributed by atoms with E-state index in [9.17, 15) is 9.59 Å². The molecule has 232 valence electrons. The average Bonchev–Trinajstić information content (AvgIpc) is 3.52. The lowest BCUT2D eigenvalue weighted by atomic mass is 10.0. The Morgan fingerprint density at radius 1 is 1.14 bits per heavy atom. The van der Waals surface area contributed by atoms with Crippen LogP contribution in [-0.2, 0) is 17.9 Å². The topological polar surface area (TPSA) is 55.2 Å². The first-order valence-corrected chi connectivity index (χ1v) is 16.2. The molecule has 0 bridgehead atoms. The van der Waals surface area contributed by atoms with Crippen molar-refractivity contribution in [1.82, 2.24) is 14.5 Å². The van der Waals surface area contributed by atoms with Gasteiger partial charge in [0, 0.05) is 47.2 Å². The molecule has 0 fully saturated rings. The Kier molecular flexibility index (Phi) is 11.2. The summed E-state index contributed by atoms with van der Waals surface area (Å²) in [5.41, 5.74) is 8.00. The number of carbonyl (C=O) groups excluding carboxylic acids is 2. The Morgan fingerprint density at radius 2 is 1.91 bits per heavy atom. The molecule has 0 saturated heterocycles. The van der Waals surface area contributed by atoms with Gasteiger partial charge in [-0.1, -0.05) is 80.8 Å². The van der Waals surface area contributed by atoms with Crippen molar-refractivity contribution in [3.8, 4) is 0 Å². The Bertz CT molecular complexity index is 1710. The highest BCUT2D eigenvalue weighted by atomic mass is 35.5. The highest BCUT2D eigenvalue weighted by Crippen LogP contribution is 2.29. The number of Topliss-reactive ketones (excluding diaryl/α,β-unsaturated/α-hetero) is 1. The van der Waals surface area contributed by atoms with Gasteiger partial charge >= 0.3 is 0 Å². The predicted octanol–water partition coefficient (Wildman–Crippen LogP) is 7.69. The van der Waals surface area contributed by atoms with Gasteiger partial charge in [-0.05, 0) is 87.8 Å². The first-order chi connectivity index (χ1) is 21.1. The zero-order chi connectivity index (χ0) is 32.0. The first kappa shape index (κ1) is 33.2. The molecule has 1 amide bonds. The molecule has 1 atom stereocenters. The van der Waals surface area contributed by atoms with Gasteiger partial charge in [0.2, 0.25) is 0 Å². The zero-order valence-corrected chi connectivity index (χ0v) is 27.9. The van der Waals surface area contributed by atoms with Crippen LogP contribution in [0.2, 0.25) is 5.02 Å². The first-order valence-electron chi connectivity index (χ1n) is 15.9.